The topological polar surface area (TPSA) is 68.3 Å². The zero-order chi connectivity index (χ0) is 14.6. The lowest BCUT2D eigenvalue weighted by molar-refractivity contribution is 0.0315. The number of pyridine rings is 1. The molecule has 1 aliphatic rings. The Morgan fingerprint density at radius 3 is 2.70 bits per heavy atom. The zero-order valence-electron chi connectivity index (χ0n) is 11.4. The Labute approximate surface area is 128 Å². The van der Waals surface area contributed by atoms with Gasteiger partial charge in [0, 0.05) is 42.1 Å². The number of rotatable bonds is 5. The van der Waals surface area contributed by atoms with Crippen LogP contribution in [0.4, 0.5) is 5.69 Å². The van der Waals surface area contributed by atoms with Crippen molar-refractivity contribution in [1.29, 1.82) is 0 Å². The summed E-state index contributed by atoms with van der Waals surface area (Å²) in [6.45, 7) is 1.85. The van der Waals surface area contributed by atoms with E-state index in [0.29, 0.717) is 19.8 Å². The fourth-order valence-electron chi connectivity index (χ4n) is 2.53. The fraction of sp³-hybridized carbons (Fsp3) is 0.615. The van der Waals surface area contributed by atoms with Crippen LogP contribution in [0.15, 0.2) is 22.9 Å². The first-order valence-corrected chi connectivity index (χ1v) is 9.34. The van der Waals surface area contributed by atoms with Gasteiger partial charge < -0.3 is 10.1 Å². The Bertz CT molecular complexity index is 556. The molecule has 0 amide bonds. The summed E-state index contributed by atoms with van der Waals surface area (Å²) in [5.74, 6) is 0.192. The third kappa shape index (κ3) is 4.71. The minimum absolute atomic E-state index is 0.192. The molecule has 0 unspecified atom stereocenters. The van der Waals surface area contributed by atoms with Crippen LogP contribution in [-0.2, 0) is 14.6 Å². The predicted octanol–water partition coefficient (Wildman–Crippen LogP) is 2.10. The maximum absolute atomic E-state index is 11.7. The summed E-state index contributed by atoms with van der Waals surface area (Å²) in [6.07, 6.45) is 6.26. The van der Waals surface area contributed by atoms with Crippen molar-refractivity contribution in [3.8, 4) is 0 Å². The van der Waals surface area contributed by atoms with Gasteiger partial charge >= 0.3 is 0 Å². The minimum Gasteiger partial charge on any atom is -0.383 e. The van der Waals surface area contributed by atoms with Crippen LogP contribution < -0.4 is 5.32 Å². The van der Waals surface area contributed by atoms with Gasteiger partial charge in [-0.2, -0.15) is 0 Å². The summed E-state index contributed by atoms with van der Waals surface area (Å²) < 4.78 is 29.6. The lowest BCUT2D eigenvalue weighted by Crippen LogP contribution is -2.41. The van der Waals surface area contributed by atoms with Crippen LogP contribution in [0.3, 0.4) is 0 Å². The summed E-state index contributed by atoms with van der Waals surface area (Å²) in [6, 6.07) is 1.93. The average Bonchev–Trinajstić information content (AvgIpc) is 2.36. The number of halogens is 1. The maximum Gasteiger partial charge on any atom is 0.148 e. The Hall–Kier alpha value is -0.660. The van der Waals surface area contributed by atoms with Gasteiger partial charge in [0.25, 0.3) is 0 Å². The first kappa shape index (κ1) is 15.7. The summed E-state index contributed by atoms with van der Waals surface area (Å²) in [5, 5.41) is 3.31. The van der Waals surface area contributed by atoms with Crippen molar-refractivity contribution in [2.45, 2.75) is 12.8 Å². The van der Waals surface area contributed by atoms with Gasteiger partial charge in [0.2, 0.25) is 0 Å². The van der Waals surface area contributed by atoms with Crippen molar-refractivity contribution >= 4 is 31.5 Å². The molecular weight excluding hydrogens is 344 g/mol. The third-order valence-electron chi connectivity index (χ3n) is 3.49. The van der Waals surface area contributed by atoms with Gasteiger partial charge in [-0.05, 0) is 34.8 Å². The number of aromatic nitrogens is 1. The molecule has 2 rings (SSSR count). The standard InChI is InChI=1S/C13H19BrN2O3S/c1-20(17,18)10-13(2-4-19-5-3-13)9-16-12-6-11(14)7-15-8-12/h6-8,16H,2-5,9-10H2,1H3. The van der Waals surface area contributed by atoms with Gasteiger partial charge in [0.05, 0.1) is 17.6 Å². The molecule has 0 aliphatic carbocycles. The Morgan fingerprint density at radius 1 is 1.40 bits per heavy atom. The van der Waals surface area contributed by atoms with Crippen LogP contribution >= 0.6 is 15.9 Å². The van der Waals surface area contributed by atoms with Crippen LogP contribution in [0.25, 0.3) is 0 Å². The molecule has 0 radical (unpaired) electrons. The number of hydrogen-bond acceptors (Lipinski definition) is 5. The third-order valence-corrected chi connectivity index (χ3v) is 5.06. The molecule has 1 N–H and O–H groups in total. The van der Waals surface area contributed by atoms with Crippen molar-refractivity contribution < 1.29 is 13.2 Å². The first-order valence-electron chi connectivity index (χ1n) is 6.49. The molecule has 2 heterocycles. The van der Waals surface area contributed by atoms with Crippen LogP contribution in [0.5, 0.6) is 0 Å². The fourth-order valence-corrected chi connectivity index (χ4v) is 4.40. The van der Waals surface area contributed by atoms with Crippen LogP contribution in [0, 0.1) is 5.41 Å². The van der Waals surface area contributed by atoms with E-state index in [0.717, 1.165) is 23.0 Å². The molecule has 0 bridgehead atoms. The highest BCUT2D eigenvalue weighted by Gasteiger charge is 2.35. The first-order chi connectivity index (χ1) is 9.39. The second kappa shape index (κ2) is 6.41. The Kier molecular flexibility index (Phi) is 5.04. The zero-order valence-corrected chi connectivity index (χ0v) is 13.8. The number of sulfone groups is 1. The van der Waals surface area contributed by atoms with Crippen LogP contribution in [-0.4, -0.2) is 45.2 Å². The van der Waals surface area contributed by atoms with Gasteiger partial charge in [-0.3, -0.25) is 4.98 Å². The second-order valence-electron chi connectivity index (χ2n) is 5.43. The van der Waals surface area contributed by atoms with E-state index < -0.39 is 9.84 Å². The van der Waals surface area contributed by atoms with Crippen molar-refractivity contribution in [3.05, 3.63) is 22.9 Å². The maximum atomic E-state index is 11.7. The van der Waals surface area contributed by atoms with E-state index >= 15 is 0 Å². The van der Waals surface area contributed by atoms with Crippen LogP contribution in [0.2, 0.25) is 0 Å². The molecule has 1 aliphatic heterocycles. The van der Waals surface area contributed by atoms with Crippen molar-refractivity contribution in [3.63, 3.8) is 0 Å². The number of nitrogens with zero attached hydrogens (tertiary/aromatic N) is 1. The molecule has 1 fully saturated rings. The molecule has 1 aromatic heterocycles. The second-order valence-corrected chi connectivity index (χ2v) is 8.48. The lowest BCUT2D eigenvalue weighted by Gasteiger charge is -2.37. The van der Waals surface area contributed by atoms with Gasteiger partial charge in [-0.15, -0.1) is 0 Å². The van der Waals surface area contributed by atoms with E-state index in [-0.39, 0.29) is 11.2 Å². The molecule has 1 aromatic rings. The molecule has 0 saturated carbocycles. The molecule has 112 valence electrons. The van der Waals surface area contributed by atoms with E-state index in [1.165, 1.54) is 6.26 Å². The van der Waals surface area contributed by atoms with Crippen molar-refractivity contribution in [2.24, 2.45) is 5.41 Å². The SMILES string of the molecule is CS(=O)(=O)CC1(CNc2cncc(Br)c2)CCOCC1. The van der Waals surface area contributed by atoms with Gasteiger partial charge in [-0.1, -0.05) is 0 Å². The van der Waals surface area contributed by atoms with Crippen molar-refractivity contribution in [2.75, 3.05) is 37.1 Å². The van der Waals surface area contributed by atoms with E-state index in [4.69, 9.17) is 4.74 Å². The van der Waals surface area contributed by atoms with E-state index in [1.807, 2.05) is 6.07 Å². The Balaban J connectivity index is 2.08. The number of nitrogens with one attached hydrogen (secondary N) is 1. The highest BCUT2D eigenvalue weighted by molar-refractivity contribution is 9.10. The molecule has 0 atom stereocenters. The van der Waals surface area contributed by atoms with E-state index in [1.54, 1.807) is 12.4 Å². The normalized spacial score (nSPS) is 18.7. The molecule has 7 heteroatoms. The number of anilines is 1. The summed E-state index contributed by atoms with van der Waals surface area (Å²) in [4.78, 5) is 4.09. The summed E-state index contributed by atoms with van der Waals surface area (Å²) >= 11 is 3.37. The molecule has 0 aromatic carbocycles. The quantitative estimate of drug-likeness (QED) is 0.868. The van der Waals surface area contributed by atoms with Gasteiger partial charge in [0.15, 0.2) is 0 Å². The Morgan fingerprint density at radius 2 is 2.10 bits per heavy atom. The smallest absolute Gasteiger partial charge is 0.148 e. The summed E-state index contributed by atoms with van der Waals surface area (Å²) in [7, 11) is -3.02. The monoisotopic (exact) mass is 362 g/mol. The molecule has 0 spiro atoms. The lowest BCUT2D eigenvalue weighted by atomic mass is 9.82. The van der Waals surface area contributed by atoms with Gasteiger partial charge in [-0.25, -0.2) is 8.42 Å². The summed E-state index contributed by atoms with van der Waals surface area (Å²) in [5.41, 5.74) is 0.632. The number of hydrogen-bond donors (Lipinski definition) is 1. The van der Waals surface area contributed by atoms with Crippen LogP contribution in [0.1, 0.15) is 12.8 Å². The predicted molar refractivity (Wildman–Crippen MR) is 82.6 cm³/mol. The van der Waals surface area contributed by atoms with E-state index in [9.17, 15) is 8.42 Å². The highest BCUT2D eigenvalue weighted by Crippen LogP contribution is 2.32. The highest BCUT2D eigenvalue weighted by atomic mass is 79.9. The van der Waals surface area contributed by atoms with Gasteiger partial charge in [0.1, 0.15) is 9.84 Å². The largest absolute Gasteiger partial charge is 0.383 e. The number of ether oxygens (including phenoxy) is 1. The molecule has 5 nitrogen and oxygen atoms in total. The average molecular weight is 363 g/mol. The molecular formula is C13H19BrN2O3S. The van der Waals surface area contributed by atoms with E-state index in [2.05, 4.69) is 26.2 Å². The van der Waals surface area contributed by atoms with Crippen molar-refractivity contribution in [1.82, 2.24) is 4.98 Å². The molecule has 1 saturated heterocycles. The minimum atomic E-state index is -3.02. The molecule has 20 heavy (non-hydrogen) atoms.